The molecular weight excluding hydrogens is 495 g/mol. The first kappa shape index (κ1) is 23.5. The Labute approximate surface area is 203 Å². The van der Waals surface area contributed by atoms with E-state index in [1.165, 1.54) is 35.2 Å². The molecule has 1 N–H and O–H groups in total. The third-order valence-electron chi connectivity index (χ3n) is 6.49. The third kappa shape index (κ3) is 4.16. The van der Waals surface area contributed by atoms with E-state index < -0.39 is 17.4 Å². The zero-order chi connectivity index (χ0) is 24.3. The summed E-state index contributed by atoms with van der Waals surface area (Å²) >= 11 is 11.8. The molecule has 2 fully saturated rings. The van der Waals surface area contributed by atoms with Crippen molar-refractivity contribution in [1.82, 2.24) is 10.4 Å². The minimum absolute atomic E-state index is 0.0192. The highest BCUT2D eigenvalue weighted by molar-refractivity contribution is 6.34. The molecule has 1 saturated heterocycles. The highest BCUT2D eigenvalue weighted by Crippen LogP contribution is 2.48. The Morgan fingerprint density at radius 2 is 1.68 bits per heavy atom. The molecule has 180 valence electrons. The summed E-state index contributed by atoms with van der Waals surface area (Å²) in [5.41, 5.74) is -1.57. The maximum atomic E-state index is 15.3. The molecule has 5 rings (SSSR count). The van der Waals surface area contributed by atoms with Gasteiger partial charge in [-0.2, -0.15) is 13.2 Å². The van der Waals surface area contributed by atoms with Crippen LogP contribution in [-0.2, 0) is 20.9 Å². The Hall–Kier alpha value is -2.29. The van der Waals surface area contributed by atoms with Crippen LogP contribution >= 0.6 is 23.2 Å². The fourth-order valence-electron chi connectivity index (χ4n) is 4.32. The Kier molecular flexibility index (Phi) is 5.61. The smallest absolute Gasteiger partial charge is 0.335 e. The minimum atomic E-state index is -4.82. The van der Waals surface area contributed by atoms with E-state index in [9.17, 15) is 18.0 Å². The molecule has 1 saturated carbocycles. The number of halogens is 6. The average molecular weight is 515 g/mol. The summed E-state index contributed by atoms with van der Waals surface area (Å²) in [6.07, 6.45) is -1.34. The maximum Gasteiger partial charge on any atom is 0.428 e. The molecule has 3 aliphatic rings. The van der Waals surface area contributed by atoms with E-state index in [1.807, 2.05) is 0 Å². The lowest BCUT2D eigenvalue weighted by atomic mass is 9.86. The zero-order valence-corrected chi connectivity index (χ0v) is 19.3. The van der Waals surface area contributed by atoms with E-state index in [4.69, 9.17) is 28.0 Å². The first-order chi connectivity index (χ1) is 16.0. The highest BCUT2D eigenvalue weighted by atomic mass is 35.5. The molecule has 2 aromatic carbocycles. The van der Waals surface area contributed by atoms with Crippen LogP contribution in [0.2, 0.25) is 10.0 Å². The summed E-state index contributed by atoms with van der Waals surface area (Å²) in [4.78, 5) is 18.7. The predicted octanol–water partition coefficient (Wildman–Crippen LogP) is 6.13. The Morgan fingerprint density at radius 1 is 1.06 bits per heavy atom. The van der Waals surface area contributed by atoms with Gasteiger partial charge in [-0.1, -0.05) is 47.5 Å². The van der Waals surface area contributed by atoms with Gasteiger partial charge in [0.2, 0.25) is 11.5 Å². The van der Waals surface area contributed by atoms with Crippen molar-refractivity contribution in [1.29, 1.82) is 0 Å². The van der Waals surface area contributed by atoms with Gasteiger partial charge in [0.05, 0.1) is 18.8 Å². The number of nitrogens with zero attached hydrogens (tertiary/aromatic N) is 1. The number of nitrogens with one attached hydrogen (secondary N) is 1. The topological polar surface area (TPSA) is 41.6 Å². The van der Waals surface area contributed by atoms with E-state index in [-0.39, 0.29) is 40.3 Å². The van der Waals surface area contributed by atoms with Crippen molar-refractivity contribution in [3.8, 4) is 0 Å². The highest BCUT2D eigenvalue weighted by Gasteiger charge is 2.59. The molecule has 2 aliphatic heterocycles. The lowest BCUT2D eigenvalue weighted by molar-refractivity contribution is -0.269. The number of benzene rings is 2. The second-order valence-electron chi connectivity index (χ2n) is 9.09. The normalized spacial score (nSPS) is 23.8. The number of carbonyl (C=O) groups is 1. The average Bonchev–Trinajstić information content (AvgIpc) is 3.42. The van der Waals surface area contributed by atoms with Crippen molar-refractivity contribution < 1.29 is 27.2 Å². The summed E-state index contributed by atoms with van der Waals surface area (Å²) < 4.78 is 57.7. The summed E-state index contributed by atoms with van der Waals surface area (Å²) in [6, 6.07) is 9.69. The van der Waals surface area contributed by atoms with Crippen LogP contribution < -0.4 is 5.48 Å². The molecular formula is C24H20Cl2F4N2O2. The SMILES string of the molecule is O=C(CC1CC1)N1CC(F)(c2ccc(C3=CC(c4cc(Cl)cc(Cl)c4)(C(F)(F)F)ON3)cc2)C1. The van der Waals surface area contributed by atoms with Crippen LogP contribution in [0.3, 0.4) is 0 Å². The molecule has 1 aliphatic carbocycles. The lowest BCUT2D eigenvalue weighted by Crippen LogP contribution is -2.58. The lowest BCUT2D eigenvalue weighted by Gasteiger charge is -2.45. The van der Waals surface area contributed by atoms with Crippen LogP contribution in [0.1, 0.15) is 36.0 Å². The van der Waals surface area contributed by atoms with Crippen LogP contribution in [0, 0.1) is 5.92 Å². The van der Waals surface area contributed by atoms with Gasteiger partial charge in [-0.15, -0.1) is 0 Å². The molecule has 2 aromatic rings. The quantitative estimate of drug-likeness (QED) is 0.487. The van der Waals surface area contributed by atoms with Crippen molar-refractivity contribution in [2.45, 2.75) is 36.7 Å². The number of carbonyl (C=O) groups excluding carboxylic acids is 1. The van der Waals surface area contributed by atoms with E-state index in [0.717, 1.165) is 31.1 Å². The Bertz CT molecular complexity index is 1140. The van der Waals surface area contributed by atoms with Crippen LogP contribution in [-0.4, -0.2) is 30.1 Å². The largest absolute Gasteiger partial charge is 0.428 e. The second kappa shape index (κ2) is 8.14. The van der Waals surface area contributed by atoms with Crippen LogP contribution in [0.25, 0.3) is 5.70 Å². The number of hydroxylamine groups is 1. The molecule has 34 heavy (non-hydrogen) atoms. The van der Waals surface area contributed by atoms with Crippen molar-refractivity contribution >= 4 is 34.8 Å². The van der Waals surface area contributed by atoms with E-state index in [1.54, 1.807) is 0 Å². The van der Waals surface area contributed by atoms with Gasteiger partial charge in [0, 0.05) is 22.0 Å². The molecule has 0 radical (unpaired) electrons. The summed E-state index contributed by atoms with van der Waals surface area (Å²) in [6.45, 7) is -0.0384. The molecule has 0 spiro atoms. The molecule has 10 heteroatoms. The fraction of sp³-hybridized carbons (Fsp3) is 0.375. The van der Waals surface area contributed by atoms with Gasteiger partial charge in [0.1, 0.15) is 0 Å². The predicted molar refractivity (Wildman–Crippen MR) is 120 cm³/mol. The Balaban J connectivity index is 1.36. The molecule has 1 atom stereocenters. The van der Waals surface area contributed by atoms with Crippen molar-refractivity contribution in [2.75, 3.05) is 13.1 Å². The van der Waals surface area contributed by atoms with Crippen LogP contribution in [0.5, 0.6) is 0 Å². The first-order valence-corrected chi connectivity index (χ1v) is 11.5. The van der Waals surface area contributed by atoms with Gasteiger partial charge in [0.15, 0.2) is 5.67 Å². The molecule has 2 heterocycles. The molecule has 4 nitrogen and oxygen atoms in total. The third-order valence-corrected chi connectivity index (χ3v) is 6.93. The number of likely N-dealkylation sites (tertiary alicyclic amines) is 1. The van der Waals surface area contributed by atoms with Crippen molar-refractivity contribution in [2.24, 2.45) is 5.92 Å². The van der Waals surface area contributed by atoms with Gasteiger partial charge < -0.3 is 4.90 Å². The van der Waals surface area contributed by atoms with Crippen LogP contribution in [0.15, 0.2) is 48.5 Å². The van der Waals surface area contributed by atoms with Gasteiger partial charge in [-0.05, 0) is 54.2 Å². The summed E-state index contributed by atoms with van der Waals surface area (Å²) in [7, 11) is 0. The zero-order valence-electron chi connectivity index (χ0n) is 17.8. The first-order valence-electron chi connectivity index (χ1n) is 10.8. The molecule has 1 unspecified atom stereocenters. The number of rotatable bonds is 5. The number of alkyl halides is 4. The number of hydrogen-bond donors (Lipinski definition) is 1. The summed E-state index contributed by atoms with van der Waals surface area (Å²) in [5.74, 6) is 0.400. The van der Waals surface area contributed by atoms with E-state index >= 15 is 4.39 Å². The van der Waals surface area contributed by atoms with Crippen LogP contribution in [0.4, 0.5) is 17.6 Å². The summed E-state index contributed by atoms with van der Waals surface area (Å²) in [5, 5.41) is 0.0821. The van der Waals surface area contributed by atoms with E-state index in [2.05, 4.69) is 5.48 Å². The molecule has 0 aromatic heterocycles. The van der Waals surface area contributed by atoms with Crippen molar-refractivity contribution in [3.63, 3.8) is 0 Å². The minimum Gasteiger partial charge on any atom is -0.335 e. The van der Waals surface area contributed by atoms with Gasteiger partial charge in [-0.25, -0.2) is 4.39 Å². The second-order valence-corrected chi connectivity index (χ2v) is 9.97. The van der Waals surface area contributed by atoms with Gasteiger partial charge >= 0.3 is 6.18 Å². The molecule has 0 bridgehead atoms. The number of hydrogen-bond acceptors (Lipinski definition) is 3. The van der Waals surface area contributed by atoms with Crippen molar-refractivity contribution in [3.05, 3.63) is 75.3 Å². The monoisotopic (exact) mass is 514 g/mol. The fourth-order valence-corrected chi connectivity index (χ4v) is 4.84. The Morgan fingerprint density at radius 3 is 2.24 bits per heavy atom. The standard InChI is InChI=1S/C24H20Cl2F4N2O2/c25-18-8-17(9-19(26)10-18)23(24(28,29)30)11-20(31-34-23)15-3-5-16(6-4-15)22(27)12-32(13-22)21(33)7-14-1-2-14/h3-6,8-11,14,31H,1-2,7,12-13H2. The maximum absolute atomic E-state index is 15.3. The molecule has 1 amide bonds. The van der Waals surface area contributed by atoms with Gasteiger partial charge in [0.25, 0.3) is 0 Å². The van der Waals surface area contributed by atoms with E-state index in [0.29, 0.717) is 23.5 Å². The van der Waals surface area contributed by atoms with Gasteiger partial charge in [-0.3, -0.25) is 15.1 Å². The number of amides is 1.